The van der Waals surface area contributed by atoms with E-state index in [1.165, 1.54) is 7.05 Å². The summed E-state index contributed by atoms with van der Waals surface area (Å²) >= 11 is 3.26. The molecule has 1 rings (SSSR count). The third-order valence-electron chi connectivity index (χ3n) is 2.09. The summed E-state index contributed by atoms with van der Waals surface area (Å²) in [4.78, 5) is 0. The molecule has 14 heavy (non-hydrogen) atoms. The maximum Gasteiger partial charge on any atom is 0.145 e. The number of alkyl halides is 1. The Balaban J connectivity index is 3.06. The summed E-state index contributed by atoms with van der Waals surface area (Å²) in [5.41, 5.74) is 1.11. The largest absolute Gasteiger partial charge is 0.629 e. The van der Waals surface area contributed by atoms with Crippen LogP contribution in [0.4, 0.5) is 10.1 Å². The first kappa shape index (κ1) is 11.6. The Bertz CT molecular complexity index is 317. The Labute approximate surface area is 91.4 Å². The van der Waals surface area contributed by atoms with Crippen LogP contribution >= 0.6 is 15.9 Å². The molecule has 0 aliphatic rings. The number of rotatable bonds is 3. The lowest BCUT2D eigenvalue weighted by atomic mass is 10.1. The van der Waals surface area contributed by atoms with Crippen LogP contribution in [0.5, 0.6) is 0 Å². The Morgan fingerprint density at radius 3 is 2.71 bits per heavy atom. The van der Waals surface area contributed by atoms with Gasteiger partial charge in [0.15, 0.2) is 0 Å². The summed E-state index contributed by atoms with van der Waals surface area (Å²) in [7, 11) is 1.48. The predicted octanol–water partition coefficient (Wildman–Crippen LogP) is 2.51. The molecular weight excluding hydrogens is 249 g/mol. The third kappa shape index (κ3) is 2.53. The highest BCUT2D eigenvalue weighted by atomic mass is 79.9. The second-order valence-electron chi connectivity index (χ2n) is 3.17. The van der Waals surface area contributed by atoms with Gasteiger partial charge in [0.05, 0.1) is 11.5 Å². The van der Waals surface area contributed by atoms with E-state index in [2.05, 4.69) is 15.9 Å². The topological polar surface area (TPSA) is 27.5 Å². The van der Waals surface area contributed by atoms with Gasteiger partial charge in [-0.25, -0.2) is 4.39 Å². The highest BCUT2D eigenvalue weighted by Crippen LogP contribution is 2.26. The summed E-state index contributed by atoms with van der Waals surface area (Å²) < 4.78 is 14.0. The number of hydrogen-bond acceptors (Lipinski definition) is 1. The van der Waals surface area contributed by atoms with Gasteiger partial charge < -0.3 is 10.3 Å². The standard InChI is InChI=1S/C10H13BrFNO/c1-3-9(12)7-4-5-8(11)10(6-7)13(2)14/h4-6,9,13H,3H2,1-2H3. The minimum Gasteiger partial charge on any atom is -0.629 e. The van der Waals surface area contributed by atoms with Crippen LogP contribution < -0.4 is 5.06 Å². The monoisotopic (exact) mass is 261 g/mol. The van der Waals surface area contributed by atoms with Crippen LogP contribution in [0.2, 0.25) is 0 Å². The van der Waals surface area contributed by atoms with Crippen molar-refractivity contribution in [2.45, 2.75) is 19.5 Å². The zero-order valence-corrected chi connectivity index (χ0v) is 9.77. The van der Waals surface area contributed by atoms with Gasteiger partial charge in [-0.15, -0.1) is 0 Å². The van der Waals surface area contributed by atoms with E-state index in [9.17, 15) is 9.60 Å². The van der Waals surface area contributed by atoms with Crippen LogP contribution in [0.3, 0.4) is 0 Å². The molecule has 0 aliphatic heterocycles. The lowest BCUT2D eigenvalue weighted by Crippen LogP contribution is -2.98. The molecule has 0 aromatic heterocycles. The van der Waals surface area contributed by atoms with Crippen LogP contribution in [0.1, 0.15) is 25.1 Å². The molecule has 0 bridgehead atoms. The molecule has 0 fully saturated rings. The summed E-state index contributed by atoms with van der Waals surface area (Å²) in [5.74, 6) is 0. The van der Waals surface area contributed by atoms with Crippen molar-refractivity contribution >= 4 is 21.6 Å². The number of hydroxylamine groups is 1. The van der Waals surface area contributed by atoms with Gasteiger partial charge in [-0.05, 0) is 34.0 Å². The second-order valence-corrected chi connectivity index (χ2v) is 4.03. The number of halogens is 2. The minimum absolute atomic E-state index is 0.0537. The molecule has 0 saturated carbocycles. The molecule has 0 spiro atoms. The molecule has 4 heteroatoms. The van der Waals surface area contributed by atoms with Gasteiger partial charge in [-0.2, -0.15) is 0 Å². The third-order valence-corrected chi connectivity index (χ3v) is 2.78. The van der Waals surface area contributed by atoms with Gasteiger partial charge in [0.25, 0.3) is 0 Å². The number of benzene rings is 1. The highest BCUT2D eigenvalue weighted by Gasteiger charge is 2.11. The Morgan fingerprint density at radius 2 is 2.21 bits per heavy atom. The van der Waals surface area contributed by atoms with E-state index in [0.29, 0.717) is 17.7 Å². The lowest BCUT2D eigenvalue weighted by molar-refractivity contribution is -0.752. The number of quaternary nitrogens is 1. The van der Waals surface area contributed by atoms with Crippen LogP contribution in [0.25, 0.3) is 0 Å². The van der Waals surface area contributed by atoms with E-state index in [4.69, 9.17) is 0 Å². The van der Waals surface area contributed by atoms with Gasteiger partial charge in [-0.1, -0.05) is 13.0 Å². The number of hydrogen-bond donors (Lipinski definition) is 1. The van der Waals surface area contributed by atoms with E-state index in [1.54, 1.807) is 25.1 Å². The van der Waals surface area contributed by atoms with E-state index in [-0.39, 0.29) is 5.06 Å². The van der Waals surface area contributed by atoms with Crippen LogP contribution in [0.15, 0.2) is 22.7 Å². The lowest BCUT2D eigenvalue weighted by Gasteiger charge is -2.18. The average Bonchev–Trinajstić information content (AvgIpc) is 2.17. The molecule has 0 saturated heterocycles. The molecule has 0 amide bonds. The predicted molar refractivity (Wildman–Crippen MR) is 58.2 cm³/mol. The first-order valence-electron chi connectivity index (χ1n) is 4.50. The molecule has 0 radical (unpaired) electrons. The quantitative estimate of drug-likeness (QED) is 0.833. The molecular formula is C10H13BrFNO. The van der Waals surface area contributed by atoms with Crippen LogP contribution in [0, 0.1) is 5.21 Å². The van der Waals surface area contributed by atoms with Crippen LogP contribution in [-0.2, 0) is 0 Å². The maximum atomic E-state index is 13.3. The highest BCUT2D eigenvalue weighted by molar-refractivity contribution is 9.10. The molecule has 1 aromatic carbocycles. The van der Waals surface area contributed by atoms with E-state index >= 15 is 0 Å². The van der Waals surface area contributed by atoms with Crippen molar-refractivity contribution in [2.75, 3.05) is 7.05 Å². The molecule has 1 N–H and O–H groups in total. The number of nitrogens with one attached hydrogen (secondary N) is 1. The van der Waals surface area contributed by atoms with Gasteiger partial charge in [0, 0.05) is 6.07 Å². The molecule has 0 heterocycles. The molecule has 2 unspecified atom stereocenters. The zero-order valence-electron chi connectivity index (χ0n) is 8.18. The van der Waals surface area contributed by atoms with Crippen molar-refractivity contribution in [1.82, 2.24) is 0 Å². The van der Waals surface area contributed by atoms with Crippen molar-refractivity contribution in [1.29, 1.82) is 0 Å². The normalized spacial score (nSPS) is 15.2. The molecule has 2 nitrogen and oxygen atoms in total. The van der Waals surface area contributed by atoms with Crippen molar-refractivity contribution < 1.29 is 9.45 Å². The summed E-state index contributed by atoms with van der Waals surface area (Å²) in [6.45, 7) is 1.78. The van der Waals surface area contributed by atoms with E-state index in [0.717, 1.165) is 4.47 Å². The Kier molecular flexibility index (Phi) is 4.04. The fourth-order valence-corrected chi connectivity index (χ4v) is 1.77. The molecule has 0 aliphatic carbocycles. The van der Waals surface area contributed by atoms with Crippen molar-refractivity contribution in [3.05, 3.63) is 33.4 Å². The molecule has 2 atom stereocenters. The van der Waals surface area contributed by atoms with Crippen molar-refractivity contribution in [3.8, 4) is 0 Å². The van der Waals surface area contributed by atoms with Gasteiger partial charge in [0.1, 0.15) is 11.9 Å². The smallest absolute Gasteiger partial charge is 0.145 e. The van der Waals surface area contributed by atoms with Gasteiger partial charge in [-0.3, -0.25) is 0 Å². The summed E-state index contributed by atoms with van der Waals surface area (Å²) in [6.07, 6.45) is -0.555. The van der Waals surface area contributed by atoms with E-state index < -0.39 is 6.17 Å². The minimum atomic E-state index is -0.985. The first-order chi connectivity index (χ1) is 6.56. The van der Waals surface area contributed by atoms with Crippen molar-refractivity contribution in [3.63, 3.8) is 0 Å². The fraction of sp³-hybridized carbons (Fsp3) is 0.400. The maximum absolute atomic E-state index is 13.3. The van der Waals surface area contributed by atoms with Crippen LogP contribution in [-0.4, -0.2) is 7.05 Å². The fourth-order valence-electron chi connectivity index (χ4n) is 1.24. The van der Waals surface area contributed by atoms with Crippen molar-refractivity contribution in [2.24, 2.45) is 0 Å². The molecule has 1 aromatic rings. The zero-order chi connectivity index (χ0) is 10.7. The summed E-state index contributed by atoms with van der Waals surface area (Å²) in [5, 5.41) is 11.1. The van der Waals surface area contributed by atoms with Gasteiger partial charge in [0.2, 0.25) is 0 Å². The SMILES string of the molecule is CCC(F)c1ccc(Br)c([NH+](C)[O-])c1. The molecule has 78 valence electrons. The first-order valence-corrected chi connectivity index (χ1v) is 5.30. The van der Waals surface area contributed by atoms with E-state index in [1.807, 2.05) is 0 Å². The summed E-state index contributed by atoms with van der Waals surface area (Å²) in [6, 6.07) is 5.03. The Morgan fingerprint density at radius 1 is 1.57 bits per heavy atom. The second kappa shape index (κ2) is 4.87. The average molecular weight is 262 g/mol. The van der Waals surface area contributed by atoms with Gasteiger partial charge >= 0.3 is 0 Å². The Hall–Kier alpha value is -0.450.